The Hall–Kier alpha value is -3.36. The maximum atomic E-state index is 14.4. The molecule has 0 spiro atoms. The molecule has 156 valence electrons. The van der Waals surface area contributed by atoms with Gasteiger partial charge in [-0.1, -0.05) is 68.1 Å². The van der Waals surface area contributed by atoms with Gasteiger partial charge in [-0.3, -0.25) is 0 Å². The fraction of sp³-hybridized carbons (Fsp3) is 0.241. The zero-order valence-corrected chi connectivity index (χ0v) is 18.1. The number of hydrogen-bond donors (Lipinski definition) is 0. The van der Waals surface area contributed by atoms with E-state index in [-0.39, 0.29) is 11.4 Å². The lowest BCUT2D eigenvalue weighted by atomic mass is 10.0. The van der Waals surface area contributed by atoms with Crippen molar-refractivity contribution in [2.75, 3.05) is 0 Å². The van der Waals surface area contributed by atoms with Gasteiger partial charge in [-0.15, -0.1) is 0 Å². The third kappa shape index (κ3) is 6.84. The van der Waals surface area contributed by atoms with Crippen LogP contribution in [-0.4, -0.2) is 0 Å². The van der Waals surface area contributed by atoms with Gasteiger partial charge in [-0.25, -0.2) is 8.78 Å². The molecule has 3 rings (SSSR count). The number of halogens is 2. The molecular formula is C29H26F2. The summed E-state index contributed by atoms with van der Waals surface area (Å²) in [6.45, 7) is 3.91. The molecule has 0 aliphatic rings. The minimum absolute atomic E-state index is 0.263. The highest BCUT2D eigenvalue weighted by Gasteiger charge is 2.01. The van der Waals surface area contributed by atoms with Gasteiger partial charge in [0.1, 0.15) is 11.6 Å². The van der Waals surface area contributed by atoms with Crippen LogP contribution in [0.2, 0.25) is 0 Å². The Morgan fingerprint density at radius 2 is 1.26 bits per heavy atom. The first-order valence-electron chi connectivity index (χ1n) is 10.7. The van der Waals surface area contributed by atoms with Gasteiger partial charge in [0.2, 0.25) is 0 Å². The molecule has 0 aliphatic heterocycles. The van der Waals surface area contributed by atoms with E-state index in [0.29, 0.717) is 16.7 Å². The molecule has 0 heterocycles. The summed E-state index contributed by atoms with van der Waals surface area (Å²) in [4.78, 5) is 0. The molecule has 0 nitrogen and oxygen atoms in total. The highest BCUT2D eigenvalue weighted by atomic mass is 19.1. The van der Waals surface area contributed by atoms with E-state index in [1.54, 1.807) is 31.2 Å². The van der Waals surface area contributed by atoms with Gasteiger partial charge >= 0.3 is 0 Å². The van der Waals surface area contributed by atoms with E-state index >= 15 is 0 Å². The number of hydrogen-bond acceptors (Lipinski definition) is 0. The van der Waals surface area contributed by atoms with Crippen molar-refractivity contribution >= 4 is 0 Å². The van der Waals surface area contributed by atoms with Crippen LogP contribution >= 0.6 is 0 Å². The van der Waals surface area contributed by atoms with Crippen LogP contribution in [-0.2, 0) is 6.42 Å². The molecule has 0 bridgehead atoms. The summed E-state index contributed by atoms with van der Waals surface area (Å²) in [7, 11) is 0. The summed E-state index contributed by atoms with van der Waals surface area (Å²) in [5.74, 6) is 10.9. The predicted molar refractivity (Wildman–Crippen MR) is 124 cm³/mol. The summed E-state index contributed by atoms with van der Waals surface area (Å²) < 4.78 is 28.0. The second-order valence-corrected chi connectivity index (χ2v) is 7.67. The molecule has 0 saturated heterocycles. The van der Waals surface area contributed by atoms with E-state index in [0.717, 1.165) is 12.0 Å². The maximum absolute atomic E-state index is 14.4. The second kappa shape index (κ2) is 11.1. The van der Waals surface area contributed by atoms with Gasteiger partial charge in [-0.2, -0.15) is 0 Å². The van der Waals surface area contributed by atoms with E-state index in [1.807, 2.05) is 12.1 Å². The molecule has 0 aliphatic carbocycles. The molecule has 0 radical (unpaired) electrons. The SMILES string of the molecule is CCCCCCc1ccc(C#Cc2ccc(C#Cc3ccc(C)c(F)c3)c(F)c2)cc1. The van der Waals surface area contributed by atoms with Gasteiger partial charge < -0.3 is 0 Å². The fourth-order valence-electron chi connectivity index (χ4n) is 3.16. The molecule has 2 heteroatoms. The van der Waals surface area contributed by atoms with Crippen LogP contribution in [0.25, 0.3) is 0 Å². The van der Waals surface area contributed by atoms with Crippen LogP contribution in [0, 0.1) is 42.2 Å². The first-order chi connectivity index (χ1) is 15.0. The Labute approximate surface area is 184 Å². The standard InChI is InChI=1S/C29H26F2/c1-3-4-5-6-7-23-10-12-24(13-11-23)14-15-26-17-19-27(29(31)21-26)18-16-25-9-8-22(2)28(30)20-25/h8-13,17,19-21H,3-7H2,1-2H3. The van der Waals surface area contributed by atoms with Crippen molar-refractivity contribution < 1.29 is 8.78 Å². The molecule has 0 saturated carbocycles. The molecule has 0 fully saturated rings. The van der Waals surface area contributed by atoms with Gasteiger partial charge in [-0.05, 0) is 73.4 Å². The van der Waals surface area contributed by atoms with Crippen molar-refractivity contribution in [1.29, 1.82) is 0 Å². The van der Waals surface area contributed by atoms with Crippen LogP contribution < -0.4 is 0 Å². The average Bonchev–Trinajstić information content (AvgIpc) is 2.78. The van der Waals surface area contributed by atoms with Gasteiger partial charge in [0, 0.05) is 16.7 Å². The largest absolute Gasteiger partial charge is 0.207 e. The summed E-state index contributed by atoms with van der Waals surface area (Å²) in [5.41, 5.74) is 4.15. The van der Waals surface area contributed by atoms with E-state index in [4.69, 9.17) is 0 Å². The number of unbranched alkanes of at least 4 members (excludes halogenated alkanes) is 3. The smallest absolute Gasteiger partial charge is 0.140 e. The lowest BCUT2D eigenvalue weighted by Gasteiger charge is -2.01. The Kier molecular flexibility index (Phi) is 8.03. The van der Waals surface area contributed by atoms with Gasteiger partial charge in [0.15, 0.2) is 0 Å². The zero-order chi connectivity index (χ0) is 22.1. The Morgan fingerprint density at radius 3 is 1.94 bits per heavy atom. The quantitative estimate of drug-likeness (QED) is 0.307. The Bertz CT molecular complexity index is 1150. The summed E-state index contributed by atoms with van der Waals surface area (Å²) in [5, 5.41) is 0. The molecular weight excluding hydrogens is 386 g/mol. The van der Waals surface area contributed by atoms with Crippen LogP contribution in [0.4, 0.5) is 8.78 Å². The minimum Gasteiger partial charge on any atom is -0.207 e. The van der Waals surface area contributed by atoms with Gasteiger partial charge in [0.05, 0.1) is 5.56 Å². The highest BCUT2D eigenvalue weighted by molar-refractivity contribution is 5.49. The summed E-state index contributed by atoms with van der Waals surface area (Å²) in [6, 6.07) is 17.7. The topological polar surface area (TPSA) is 0 Å². The van der Waals surface area contributed by atoms with Crippen LogP contribution in [0.3, 0.4) is 0 Å². The maximum Gasteiger partial charge on any atom is 0.140 e. The Morgan fingerprint density at radius 1 is 0.645 bits per heavy atom. The molecule has 3 aromatic carbocycles. The lowest BCUT2D eigenvalue weighted by molar-refractivity contribution is 0.618. The molecule has 0 atom stereocenters. The third-order valence-electron chi connectivity index (χ3n) is 5.11. The summed E-state index contributed by atoms with van der Waals surface area (Å²) in [6.07, 6.45) is 6.11. The normalized spacial score (nSPS) is 10.1. The van der Waals surface area contributed by atoms with E-state index in [1.165, 1.54) is 43.4 Å². The monoisotopic (exact) mass is 412 g/mol. The highest BCUT2D eigenvalue weighted by Crippen LogP contribution is 2.12. The van der Waals surface area contributed by atoms with Crippen LogP contribution in [0.1, 0.15) is 66.0 Å². The molecule has 0 N–H and O–H groups in total. The second-order valence-electron chi connectivity index (χ2n) is 7.67. The van der Waals surface area contributed by atoms with E-state index in [9.17, 15) is 8.78 Å². The van der Waals surface area contributed by atoms with Crippen LogP contribution in [0.15, 0.2) is 60.7 Å². The zero-order valence-electron chi connectivity index (χ0n) is 18.1. The molecule has 0 amide bonds. The Balaban J connectivity index is 1.65. The van der Waals surface area contributed by atoms with Crippen molar-refractivity contribution in [2.45, 2.75) is 46.0 Å². The average molecular weight is 413 g/mol. The van der Waals surface area contributed by atoms with Crippen molar-refractivity contribution in [2.24, 2.45) is 0 Å². The summed E-state index contributed by atoms with van der Waals surface area (Å²) >= 11 is 0. The van der Waals surface area contributed by atoms with Crippen molar-refractivity contribution in [1.82, 2.24) is 0 Å². The minimum atomic E-state index is -0.436. The van der Waals surface area contributed by atoms with Crippen molar-refractivity contribution in [3.05, 3.63) is 106 Å². The molecule has 0 unspecified atom stereocenters. The first-order valence-corrected chi connectivity index (χ1v) is 10.7. The predicted octanol–water partition coefficient (Wildman–Crippen LogP) is 7.20. The lowest BCUT2D eigenvalue weighted by Crippen LogP contribution is -1.88. The van der Waals surface area contributed by atoms with Crippen molar-refractivity contribution in [3.8, 4) is 23.7 Å². The molecule has 3 aromatic rings. The fourth-order valence-corrected chi connectivity index (χ4v) is 3.16. The molecule has 0 aromatic heterocycles. The van der Waals surface area contributed by atoms with Gasteiger partial charge in [0.25, 0.3) is 0 Å². The number of aryl methyl sites for hydroxylation is 2. The van der Waals surface area contributed by atoms with E-state index in [2.05, 4.69) is 42.7 Å². The number of benzene rings is 3. The molecule has 31 heavy (non-hydrogen) atoms. The first kappa shape index (κ1) is 22.3. The third-order valence-corrected chi connectivity index (χ3v) is 5.11. The van der Waals surface area contributed by atoms with Crippen molar-refractivity contribution in [3.63, 3.8) is 0 Å². The van der Waals surface area contributed by atoms with Crippen LogP contribution in [0.5, 0.6) is 0 Å². The van der Waals surface area contributed by atoms with E-state index < -0.39 is 5.82 Å². The number of rotatable bonds is 5.